The number of nitrogens with zero attached hydrogens (tertiary/aromatic N) is 1. The number of aryl methyl sites for hydroxylation is 1. The second-order valence-corrected chi connectivity index (χ2v) is 6.61. The van der Waals surface area contributed by atoms with Gasteiger partial charge in [0.15, 0.2) is 0 Å². The number of hydrogen-bond acceptors (Lipinski definition) is 2. The Bertz CT molecular complexity index is 694. The zero-order chi connectivity index (χ0) is 18.2. The van der Waals surface area contributed by atoms with E-state index in [1.165, 1.54) is 0 Å². The number of rotatable bonds is 7. The molecule has 0 saturated heterocycles. The molecule has 2 aromatic carbocycles. The van der Waals surface area contributed by atoms with Gasteiger partial charge in [0.25, 0.3) is 5.91 Å². The van der Waals surface area contributed by atoms with E-state index in [2.05, 4.69) is 5.32 Å². The van der Waals surface area contributed by atoms with Gasteiger partial charge >= 0.3 is 0 Å². The van der Waals surface area contributed by atoms with Crippen LogP contribution in [0.5, 0.6) is 0 Å². The third kappa shape index (κ3) is 5.75. The Hall–Kier alpha value is -2.62. The van der Waals surface area contributed by atoms with Crippen LogP contribution in [0.3, 0.4) is 0 Å². The van der Waals surface area contributed by atoms with Crippen molar-refractivity contribution in [1.82, 2.24) is 5.32 Å². The van der Waals surface area contributed by atoms with E-state index in [1.54, 1.807) is 4.90 Å². The van der Waals surface area contributed by atoms with E-state index in [4.69, 9.17) is 0 Å². The van der Waals surface area contributed by atoms with E-state index in [9.17, 15) is 9.59 Å². The van der Waals surface area contributed by atoms with E-state index >= 15 is 0 Å². The third-order valence-corrected chi connectivity index (χ3v) is 3.86. The molecule has 0 fully saturated rings. The van der Waals surface area contributed by atoms with Crippen molar-refractivity contribution < 1.29 is 9.59 Å². The lowest BCUT2D eigenvalue weighted by Gasteiger charge is -2.23. The van der Waals surface area contributed by atoms with E-state index in [0.717, 1.165) is 11.3 Å². The maximum atomic E-state index is 12.9. The fourth-order valence-corrected chi connectivity index (χ4v) is 2.56. The molecule has 0 radical (unpaired) electrons. The molecule has 0 aliphatic rings. The highest BCUT2D eigenvalue weighted by atomic mass is 16.2. The zero-order valence-corrected chi connectivity index (χ0v) is 15.2. The first-order valence-electron chi connectivity index (χ1n) is 8.67. The van der Waals surface area contributed by atoms with Gasteiger partial charge in [-0.25, -0.2) is 0 Å². The second kappa shape index (κ2) is 9.02. The van der Waals surface area contributed by atoms with Gasteiger partial charge in [-0.2, -0.15) is 0 Å². The van der Waals surface area contributed by atoms with Crippen molar-refractivity contribution in [3.8, 4) is 0 Å². The summed E-state index contributed by atoms with van der Waals surface area (Å²) in [7, 11) is 0. The molecule has 4 nitrogen and oxygen atoms in total. The van der Waals surface area contributed by atoms with Crippen LogP contribution in [-0.2, 0) is 4.79 Å². The number of hydrogen-bond donors (Lipinski definition) is 1. The number of para-hydroxylation sites is 1. The Morgan fingerprint density at radius 3 is 2.24 bits per heavy atom. The lowest BCUT2D eigenvalue weighted by molar-refractivity contribution is -0.121. The minimum atomic E-state index is -0.0655. The van der Waals surface area contributed by atoms with Crippen LogP contribution in [-0.4, -0.2) is 24.9 Å². The van der Waals surface area contributed by atoms with Crippen LogP contribution in [0.4, 0.5) is 5.69 Å². The standard InChI is InChI=1S/C21H26N2O2/c1-16(2)15-20(24)22-13-14-23(19-7-5-4-6-8-19)21(25)18-11-9-17(3)10-12-18/h4-12,16H,13-15H2,1-3H3,(H,22,24). The van der Waals surface area contributed by atoms with Crippen LogP contribution in [0.15, 0.2) is 54.6 Å². The quantitative estimate of drug-likeness (QED) is 0.835. The molecule has 2 rings (SSSR count). The average molecular weight is 338 g/mol. The number of amides is 2. The molecular formula is C21H26N2O2. The summed E-state index contributed by atoms with van der Waals surface area (Å²) in [5, 5.41) is 2.90. The lowest BCUT2D eigenvalue weighted by Crippen LogP contribution is -2.39. The van der Waals surface area contributed by atoms with Crippen molar-refractivity contribution in [2.24, 2.45) is 5.92 Å². The summed E-state index contributed by atoms with van der Waals surface area (Å²) in [5.74, 6) is 0.273. The van der Waals surface area contributed by atoms with Gasteiger partial charge in [-0.15, -0.1) is 0 Å². The van der Waals surface area contributed by atoms with Crippen molar-refractivity contribution in [2.75, 3.05) is 18.0 Å². The van der Waals surface area contributed by atoms with Gasteiger partial charge in [-0.3, -0.25) is 9.59 Å². The van der Waals surface area contributed by atoms with Gasteiger partial charge in [-0.05, 0) is 37.1 Å². The first-order chi connectivity index (χ1) is 12.0. The molecule has 0 unspecified atom stereocenters. The smallest absolute Gasteiger partial charge is 0.258 e. The van der Waals surface area contributed by atoms with Crippen molar-refractivity contribution in [2.45, 2.75) is 27.2 Å². The Kier molecular flexibility index (Phi) is 6.75. The summed E-state index contributed by atoms with van der Waals surface area (Å²) in [6.45, 7) is 6.87. The van der Waals surface area contributed by atoms with Gasteiger partial charge in [0.05, 0.1) is 0 Å². The third-order valence-electron chi connectivity index (χ3n) is 3.86. The molecule has 0 saturated carbocycles. The molecule has 0 bridgehead atoms. The molecule has 2 aromatic rings. The Labute approximate surface area is 149 Å². The first kappa shape index (κ1) is 18.7. The average Bonchev–Trinajstić information content (AvgIpc) is 2.59. The Morgan fingerprint density at radius 1 is 1.00 bits per heavy atom. The van der Waals surface area contributed by atoms with E-state index in [-0.39, 0.29) is 11.8 Å². The summed E-state index contributed by atoms with van der Waals surface area (Å²) < 4.78 is 0. The molecule has 0 aliphatic heterocycles. The maximum absolute atomic E-state index is 12.9. The fourth-order valence-electron chi connectivity index (χ4n) is 2.56. The predicted octanol–water partition coefficient (Wildman–Crippen LogP) is 3.80. The maximum Gasteiger partial charge on any atom is 0.258 e. The van der Waals surface area contributed by atoms with Crippen molar-refractivity contribution in [3.05, 3.63) is 65.7 Å². The number of anilines is 1. The van der Waals surface area contributed by atoms with Gasteiger partial charge in [0, 0.05) is 30.8 Å². The van der Waals surface area contributed by atoms with Crippen molar-refractivity contribution in [1.29, 1.82) is 0 Å². The second-order valence-electron chi connectivity index (χ2n) is 6.61. The van der Waals surface area contributed by atoms with Crippen LogP contribution in [0.2, 0.25) is 0 Å². The molecule has 132 valence electrons. The van der Waals surface area contributed by atoms with Gasteiger partial charge in [0.2, 0.25) is 5.91 Å². The molecule has 1 N–H and O–H groups in total. The molecule has 0 heterocycles. The van der Waals surface area contributed by atoms with Gasteiger partial charge in [-0.1, -0.05) is 49.7 Å². The molecule has 0 atom stereocenters. The largest absolute Gasteiger partial charge is 0.354 e. The van der Waals surface area contributed by atoms with Crippen LogP contribution in [0, 0.1) is 12.8 Å². The molecular weight excluding hydrogens is 312 g/mol. The summed E-state index contributed by atoms with van der Waals surface area (Å²) >= 11 is 0. The number of carbonyl (C=O) groups excluding carboxylic acids is 2. The highest BCUT2D eigenvalue weighted by Crippen LogP contribution is 2.17. The number of benzene rings is 2. The van der Waals surface area contributed by atoms with Crippen LogP contribution in [0.1, 0.15) is 36.2 Å². The normalized spacial score (nSPS) is 10.6. The van der Waals surface area contributed by atoms with E-state index in [0.29, 0.717) is 31.0 Å². The summed E-state index contributed by atoms with van der Waals surface area (Å²) in [5.41, 5.74) is 2.58. The van der Waals surface area contributed by atoms with E-state index < -0.39 is 0 Å². The summed E-state index contributed by atoms with van der Waals surface area (Å²) in [6, 6.07) is 17.1. The summed E-state index contributed by atoms with van der Waals surface area (Å²) in [6.07, 6.45) is 0.497. The lowest BCUT2D eigenvalue weighted by atomic mass is 10.1. The number of carbonyl (C=O) groups is 2. The molecule has 0 aromatic heterocycles. The van der Waals surface area contributed by atoms with Crippen LogP contribution < -0.4 is 10.2 Å². The minimum absolute atomic E-state index is 0.0193. The van der Waals surface area contributed by atoms with Crippen molar-refractivity contribution in [3.63, 3.8) is 0 Å². The van der Waals surface area contributed by atoms with Crippen LogP contribution >= 0.6 is 0 Å². The zero-order valence-electron chi connectivity index (χ0n) is 15.2. The summed E-state index contributed by atoms with van der Waals surface area (Å²) in [4.78, 5) is 26.5. The van der Waals surface area contributed by atoms with Gasteiger partial charge in [0.1, 0.15) is 0 Å². The van der Waals surface area contributed by atoms with Crippen LogP contribution in [0.25, 0.3) is 0 Å². The SMILES string of the molecule is Cc1ccc(C(=O)N(CCNC(=O)CC(C)C)c2ccccc2)cc1. The highest BCUT2D eigenvalue weighted by molar-refractivity contribution is 6.06. The van der Waals surface area contributed by atoms with E-state index in [1.807, 2.05) is 75.4 Å². The monoisotopic (exact) mass is 338 g/mol. The number of nitrogens with one attached hydrogen (secondary N) is 1. The molecule has 2 amide bonds. The molecule has 25 heavy (non-hydrogen) atoms. The molecule has 0 aliphatic carbocycles. The van der Waals surface area contributed by atoms with Gasteiger partial charge < -0.3 is 10.2 Å². The first-order valence-corrected chi connectivity index (χ1v) is 8.67. The Balaban J connectivity index is 2.10. The predicted molar refractivity (Wildman–Crippen MR) is 102 cm³/mol. The Morgan fingerprint density at radius 2 is 1.64 bits per heavy atom. The molecule has 0 spiro atoms. The minimum Gasteiger partial charge on any atom is -0.354 e. The topological polar surface area (TPSA) is 49.4 Å². The van der Waals surface area contributed by atoms with Crippen molar-refractivity contribution >= 4 is 17.5 Å². The molecule has 4 heteroatoms. The highest BCUT2D eigenvalue weighted by Gasteiger charge is 2.17. The fraction of sp³-hybridized carbons (Fsp3) is 0.333.